The van der Waals surface area contributed by atoms with Crippen molar-refractivity contribution in [3.05, 3.63) is 78.0 Å². The number of aromatic nitrogens is 1. The van der Waals surface area contributed by atoms with Gasteiger partial charge in [0.25, 0.3) is 11.8 Å². The van der Waals surface area contributed by atoms with Crippen molar-refractivity contribution in [2.24, 2.45) is 0 Å². The highest BCUT2D eigenvalue weighted by Crippen LogP contribution is 2.13. The molecule has 154 valence electrons. The van der Waals surface area contributed by atoms with Gasteiger partial charge in [-0.25, -0.2) is 4.98 Å². The first-order valence-corrected chi connectivity index (χ1v) is 9.42. The fourth-order valence-electron chi connectivity index (χ4n) is 2.48. The standard InChI is InChI=1S/C23H23N3O4/c1-16-3-8-19(9-4-16)29-14-22(27)25-18-7-12-21(24-13-18)26-23(28)15-30-20-10-5-17(2)6-11-20/h3-13H,14-15H2,1-2H3,(H,25,27)(H,24,26,28). The molecule has 0 unspecified atom stereocenters. The molecule has 3 rings (SSSR count). The third-order valence-corrected chi connectivity index (χ3v) is 4.10. The Morgan fingerprint density at radius 2 is 1.23 bits per heavy atom. The van der Waals surface area contributed by atoms with E-state index < -0.39 is 0 Å². The lowest BCUT2D eigenvalue weighted by Crippen LogP contribution is -2.21. The first-order chi connectivity index (χ1) is 14.5. The summed E-state index contributed by atoms with van der Waals surface area (Å²) in [4.78, 5) is 28.1. The molecule has 0 radical (unpaired) electrons. The van der Waals surface area contributed by atoms with Crippen LogP contribution in [-0.4, -0.2) is 30.0 Å². The van der Waals surface area contributed by atoms with Crippen LogP contribution in [0.15, 0.2) is 66.9 Å². The molecule has 30 heavy (non-hydrogen) atoms. The molecular weight excluding hydrogens is 382 g/mol. The smallest absolute Gasteiger partial charge is 0.263 e. The molecule has 0 bridgehead atoms. The van der Waals surface area contributed by atoms with E-state index in [9.17, 15) is 9.59 Å². The van der Waals surface area contributed by atoms with E-state index in [4.69, 9.17) is 9.47 Å². The van der Waals surface area contributed by atoms with Gasteiger partial charge in [-0.2, -0.15) is 0 Å². The predicted octanol–water partition coefficient (Wildman–Crippen LogP) is 3.73. The molecule has 0 fully saturated rings. The maximum absolute atomic E-state index is 12.0. The van der Waals surface area contributed by atoms with Gasteiger partial charge in [-0.05, 0) is 50.2 Å². The zero-order valence-electron chi connectivity index (χ0n) is 16.8. The molecule has 0 aliphatic carbocycles. The zero-order chi connectivity index (χ0) is 21.3. The topological polar surface area (TPSA) is 89.6 Å². The van der Waals surface area contributed by atoms with Crippen molar-refractivity contribution < 1.29 is 19.1 Å². The van der Waals surface area contributed by atoms with Crippen LogP contribution in [-0.2, 0) is 9.59 Å². The second-order valence-corrected chi connectivity index (χ2v) is 6.73. The molecule has 7 heteroatoms. The minimum absolute atomic E-state index is 0.113. The summed E-state index contributed by atoms with van der Waals surface area (Å²) < 4.78 is 10.9. The van der Waals surface area contributed by atoms with Crippen LogP contribution >= 0.6 is 0 Å². The van der Waals surface area contributed by atoms with Gasteiger partial charge in [0.1, 0.15) is 17.3 Å². The summed E-state index contributed by atoms with van der Waals surface area (Å²) in [5, 5.41) is 5.33. The molecule has 0 spiro atoms. The van der Waals surface area contributed by atoms with E-state index in [0.29, 0.717) is 23.0 Å². The molecule has 0 saturated heterocycles. The highest BCUT2D eigenvalue weighted by atomic mass is 16.5. The lowest BCUT2D eigenvalue weighted by molar-refractivity contribution is -0.118. The molecule has 0 aliphatic heterocycles. The van der Waals surface area contributed by atoms with Gasteiger partial charge in [0, 0.05) is 0 Å². The Bertz CT molecular complexity index is 902. The molecule has 1 heterocycles. The number of nitrogens with zero attached hydrogens (tertiary/aromatic N) is 1. The number of anilines is 2. The van der Waals surface area contributed by atoms with Gasteiger partial charge in [0.05, 0.1) is 11.9 Å². The third kappa shape index (κ3) is 6.63. The molecular formula is C23H23N3O4. The number of amides is 2. The summed E-state index contributed by atoms with van der Waals surface area (Å²) in [6.07, 6.45) is 1.46. The predicted molar refractivity (Wildman–Crippen MR) is 115 cm³/mol. The molecule has 2 amide bonds. The minimum atomic E-state index is -0.327. The van der Waals surface area contributed by atoms with Crippen molar-refractivity contribution in [1.82, 2.24) is 4.98 Å². The summed E-state index contributed by atoms with van der Waals surface area (Å²) in [7, 11) is 0. The van der Waals surface area contributed by atoms with E-state index in [0.717, 1.165) is 11.1 Å². The number of nitrogens with one attached hydrogen (secondary N) is 2. The van der Waals surface area contributed by atoms with Crippen LogP contribution in [0, 0.1) is 13.8 Å². The number of ether oxygens (including phenoxy) is 2. The van der Waals surface area contributed by atoms with Gasteiger partial charge >= 0.3 is 0 Å². The molecule has 7 nitrogen and oxygen atoms in total. The molecule has 3 aromatic rings. The number of carbonyl (C=O) groups excluding carboxylic acids is 2. The largest absolute Gasteiger partial charge is 0.484 e. The third-order valence-electron chi connectivity index (χ3n) is 4.10. The highest BCUT2D eigenvalue weighted by Gasteiger charge is 2.07. The van der Waals surface area contributed by atoms with Crippen molar-refractivity contribution in [3.63, 3.8) is 0 Å². The number of benzene rings is 2. The number of aryl methyl sites for hydroxylation is 2. The maximum Gasteiger partial charge on any atom is 0.263 e. The maximum atomic E-state index is 12.0. The summed E-state index contributed by atoms with van der Waals surface area (Å²) >= 11 is 0. The van der Waals surface area contributed by atoms with Crippen LogP contribution in [0.5, 0.6) is 11.5 Å². The van der Waals surface area contributed by atoms with Gasteiger partial charge in [0.15, 0.2) is 13.2 Å². The Balaban J connectivity index is 1.42. The summed E-state index contributed by atoms with van der Waals surface area (Å²) in [6.45, 7) is 3.72. The molecule has 2 N–H and O–H groups in total. The molecule has 2 aromatic carbocycles. The van der Waals surface area contributed by atoms with Crippen molar-refractivity contribution in [1.29, 1.82) is 0 Å². The van der Waals surface area contributed by atoms with Crippen LogP contribution in [0.2, 0.25) is 0 Å². The number of hydrogen-bond donors (Lipinski definition) is 2. The van der Waals surface area contributed by atoms with E-state index >= 15 is 0 Å². The van der Waals surface area contributed by atoms with Crippen molar-refractivity contribution >= 4 is 23.3 Å². The van der Waals surface area contributed by atoms with Crippen LogP contribution < -0.4 is 20.1 Å². The van der Waals surface area contributed by atoms with Gasteiger partial charge in [-0.1, -0.05) is 35.4 Å². The van der Waals surface area contributed by atoms with E-state index in [1.165, 1.54) is 6.20 Å². The van der Waals surface area contributed by atoms with Crippen LogP contribution in [0.1, 0.15) is 11.1 Å². The Labute approximate surface area is 175 Å². The summed E-state index contributed by atoms with van der Waals surface area (Å²) in [5.41, 5.74) is 2.73. The number of carbonyl (C=O) groups is 2. The molecule has 0 aliphatic rings. The molecule has 0 atom stereocenters. The fraction of sp³-hybridized carbons (Fsp3) is 0.174. The van der Waals surface area contributed by atoms with E-state index in [1.54, 1.807) is 24.3 Å². The quantitative estimate of drug-likeness (QED) is 0.596. The lowest BCUT2D eigenvalue weighted by Gasteiger charge is -2.09. The minimum Gasteiger partial charge on any atom is -0.484 e. The first kappa shape index (κ1) is 20.9. The van der Waals surface area contributed by atoms with E-state index in [1.807, 2.05) is 50.2 Å². The highest BCUT2D eigenvalue weighted by molar-refractivity contribution is 5.93. The molecule has 0 saturated carbocycles. The van der Waals surface area contributed by atoms with E-state index in [2.05, 4.69) is 15.6 Å². The normalized spacial score (nSPS) is 10.2. The Kier molecular flexibility index (Phi) is 7.00. The number of hydrogen-bond acceptors (Lipinski definition) is 5. The Morgan fingerprint density at radius 1 is 0.733 bits per heavy atom. The second kappa shape index (κ2) is 10.1. The lowest BCUT2D eigenvalue weighted by atomic mass is 10.2. The SMILES string of the molecule is Cc1ccc(OCC(=O)Nc2ccc(NC(=O)COc3ccc(C)cc3)nc2)cc1. The fourth-order valence-corrected chi connectivity index (χ4v) is 2.48. The van der Waals surface area contributed by atoms with Crippen molar-refractivity contribution in [2.75, 3.05) is 23.8 Å². The summed E-state index contributed by atoms with van der Waals surface area (Å²) in [6, 6.07) is 18.1. The number of rotatable bonds is 8. The van der Waals surface area contributed by atoms with Crippen LogP contribution in [0.3, 0.4) is 0 Å². The first-order valence-electron chi connectivity index (χ1n) is 9.42. The molecule has 1 aromatic heterocycles. The average Bonchev–Trinajstić information content (AvgIpc) is 2.74. The van der Waals surface area contributed by atoms with E-state index in [-0.39, 0.29) is 25.0 Å². The van der Waals surface area contributed by atoms with Gasteiger partial charge in [0.2, 0.25) is 0 Å². The zero-order valence-corrected chi connectivity index (χ0v) is 16.8. The summed E-state index contributed by atoms with van der Waals surface area (Å²) in [5.74, 6) is 0.975. The Morgan fingerprint density at radius 3 is 1.70 bits per heavy atom. The van der Waals surface area contributed by atoms with Gasteiger partial charge in [-0.3, -0.25) is 9.59 Å². The monoisotopic (exact) mass is 405 g/mol. The van der Waals surface area contributed by atoms with Crippen molar-refractivity contribution in [3.8, 4) is 11.5 Å². The van der Waals surface area contributed by atoms with Gasteiger partial charge in [-0.15, -0.1) is 0 Å². The van der Waals surface area contributed by atoms with Gasteiger partial charge < -0.3 is 20.1 Å². The van der Waals surface area contributed by atoms with Crippen LogP contribution in [0.4, 0.5) is 11.5 Å². The second-order valence-electron chi connectivity index (χ2n) is 6.73. The Hall–Kier alpha value is -3.87. The number of pyridine rings is 1. The van der Waals surface area contributed by atoms with Crippen LogP contribution in [0.25, 0.3) is 0 Å². The van der Waals surface area contributed by atoms with Crippen molar-refractivity contribution in [2.45, 2.75) is 13.8 Å². The average molecular weight is 405 g/mol.